The third-order valence-electron chi connectivity index (χ3n) is 3.87. The van der Waals surface area contributed by atoms with Crippen molar-refractivity contribution in [3.8, 4) is 0 Å². The Hall–Kier alpha value is -2.17. The molecule has 1 aliphatic heterocycles. The van der Waals surface area contributed by atoms with Gasteiger partial charge < -0.3 is 5.32 Å². The van der Waals surface area contributed by atoms with Gasteiger partial charge in [0.25, 0.3) is 0 Å². The van der Waals surface area contributed by atoms with E-state index in [0.29, 0.717) is 13.1 Å². The number of hydrazone groups is 1. The smallest absolute Gasteiger partial charge is 0.243 e. The molecule has 1 aromatic carbocycles. The molecule has 1 aromatic rings. The van der Waals surface area contributed by atoms with Crippen LogP contribution < -0.4 is 5.32 Å². The van der Waals surface area contributed by atoms with E-state index in [-0.39, 0.29) is 24.7 Å². The zero-order valence-corrected chi connectivity index (χ0v) is 13.8. The molecule has 5 nitrogen and oxygen atoms in total. The number of hydrogen-bond donors (Lipinski definition) is 1. The number of nitrogens with zero attached hydrogens (tertiary/aromatic N) is 2. The summed E-state index contributed by atoms with van der Waals surface area (Å²) in [4.78, 5) is 23.8. The third-order valence-corrected chi connectivity index (χ3v) is 3.87. The Balaban J connectivity index is 1.74. The first kappa shape index (κ1) is 17.2. The van der Waals surface area contributed by atoms with Crippen LogP contribution in [0.1, 0.15) is 51.0 Å². The molecule has 1 N–H and O–H groups in total. The van der Waals surface area contributed by atoms with Crippen molar-refractivity contribution in [1.29, 1.82) is 0 Å². The highest BCUT2D eigenvalue weighted by Gasteiger charge is 2.21. The van der Waals surface area contributed by atoms with Crippen LogP contribution in [0.2, 0.25) is 0 Å². The van der Waals surface area contributed by atoms with Crippen LogP contribution in [0.25, 0.3) is 0 Å². The third kappa shape index (κ3) is 5.51. The summed E-state index contributed by atoms with van der Waals surface area (Å²) in [7, 11) is 0. The molecule has 0 aliphatic carbocycles. The maximum atomic E-state index is 12.1. The Morgan fingerprint density at radius 1 is 1.17 bits per heavy atom. The number of hydrogen-bond acceptors (Lipinski definition) is 3. The maximum Gasteiger partial charge on any atom is 0.243 e. The van der Waals surface area contributed by atoms with E-state index < -0.39 is 0 Å². The van der Waals surface area contributed by atoms with E-state index in [4.69, 9.17) is 0 Å². The predicted octanol–water partition coefficient (Wildman–Crippen LogP) is 2.71. The molecule has 0 unspecified atom stereocenters. The first-order chi connectivity index (χ1) is 11.2. The Bertz CT molecular complexity index is 555. The van der Waals surface area contributed by atoms with Crippen LogP contribution >= 0.6 is 0 Å². The van der Waals surface area contributed by atoms with Crippen LogP contribution in [-0.2, 0) is 9.59 Å². The Morgan fingerprint density at radius 3 is 2.70 bits per heavy atom. The highest BCUT2D eigenvalue weighted by atomic mass is 16.2. The number of carbonyl (C=O) groups excluding carboxylic acids is 2. The second-order valence-electron chi connectivity index (χ2n) is 5.74. The molecule has 0 radical (unpaired) electrons. The molecule has 5 heteroatoms. The van der Waals surface area contributed by atoms with Gasteiger partial charge in [0.1, 0.15) is 0 Å². The van der Waals surface area contributed by atoms with Crippen molar-refractivity contribution >= 4 is 17.5 Å². The molecular formula is C18H25N3O2. The van der Waals surface area contributed by atoms with Gasteiger partial charge >= 0.3 is 0 Å². The van der Waals surface area contributed by atoms with E-state index in [1.54, 1.807) is 0 Å². The van der Waals surface area contributed by atoms with Crippen LogP contribution in [0.4, 0.5) is 0 Å². The van der Waals surface area contributed by atoms with Crippen LogP contribution in [0.3, 0.4) is 0 Å². The van der Waals surface area contributed by atoms with E-state index >= 15 is 0 Å². The minimum atomic E-state index is -0.0837. The van der Waals surface area contributed by atoms with Gasteiger partial charge in [0, 0.05) is 25.8 Å². The van der Waals surface area contributed by atoms with Gasteiger partial charge in [0.05, 0.1) is 12.3 Å². The van der Waals surface area contributed by atoms with Crippen molar-refractivity contribution in [2.24, 2.45) is 5.10 Å². The summed E-state index contributed by atoms with van der Waals surface area (Å²) in [6.45, 7) is 3.42. The van der Waals surface area contributed by atoms with Gasteiger partial charge in [-0.05, 0) is 12.0 Å². The van der Waals surface area contributed by atoms with Crippen LogP contribution in [0, 0.1) is 0 Å². The van der Waals surface area contributed by atoms with Crippen molar-refractivity contribution in [3.05, 3.63) is 35.9 Å². The minimum Gasteiger partial charge on any atom is -0.356 e. The van der Waals surface area contributed by atoms with Gasteiger partial charge in [-0.15, -0.1) is 0 Å². The average Bonchev–Trinajstić information content (AvgIpc) is 3.07. The average molecular weight is 315 g/mol. The van der Waals surface area contributed by atoms with Crippen molar-refractivity contribution in [1.82, 2.24) is 10.3 Å². The molecule has 0 spiro atoms. The first-order valence-electron chi connectivity index (χ1n) is 8.40. The topological polar surface area (TPSA) is 61.8 Å². The monoisotopic (exact) mass is 315 g/mol. The summed E-state index contributed by atoms with van der Waals surface area (Å²) in [5.41, 5.74) is 1.99. The van der Waals surface area contributed by atoms with E-state index in [0.717, 1.165) is 37.0 Å². The lowest BCUT2D eigenvalue weighted by molar-refractivity contribution is -0.133. The molecule has 1 heterocycles. The number of benzene rings is 1. The lowest BCUT2D eigenvalue weighted by Gasteiger charge is -2.11. The molecule has 1 aliphatic rings. The fourth-order valence-corrected chi connectivity index (χ4v) is 2.51. The van der Waals surface area contributed by atoms with Gasteiger partial charge in [-0.2, -0.15) is 5.10 Å². The zero-order chi connectivity index (χ0) is 16.5. The predicted molar refractivity (Wildman–Crippen MR) is 91.1 cm³/mol. The van der Waals surface area contributed by atoms with Crippen molar-refractivity contribution in [2.75, 3.05) is 13.1 Å². The van der Waals surface area contributed by atoms with Gasteiger partial charge in [-0.25, -0.2) is 5.01 Å². The Labute approximate surface area is 137 Å². The molecule has 0 saturated carbocycles. The number of carbonyl (C=O) groups is 2. The zero-order valence-electron chi connectivity index (χ0n) is 13.8. The van der Waals surface area contributed by atoms with Crippen molar-refractivity contribution in [3.63, 3.8) is 0 Å². The fourth-order valence-electron chi connectivity index (χ4n) is 2.51. The largest absolute Gasteiger partial charge is 0.356 e. The molecule has 23 heavy (non-hydrogen) atoms. The fraction of sp³-hybridized carbons (Fsp3) is 0.500. The maximum absolute atomic E-state index is 12.1. The van der Waals surface area contributed by atoms with Gasteiger partial charge in [-0.3, -0.25) is 9.59 Å². The van der Waals surface area contributed by atoms with E-state index in [2.05, 4.69) is 17.3 Å². The SMILES string of the molecule is CCCCCNC(=O)CCC(=O)N1CCC(c2ccccc2)=N1. The summed E-state index contributed by atoms with van der Waals surface area (Å²) in [5.74, 6) is -0.138. The van der Waals surface area contributed by atoms with Gasteiger partial charge in [0.2, 0.25) is 11.8 Å². The molecular weight excluding hydrogens is 290 g/mol. The lowest BCUT2D eigenvalue weighted by atomic mass is 10.1. The molecule has 0 atom stereocenters. The normalized spacial score (nSPS) is 13.8. The molecule has 0 fully saturated rings. The second-order valence-corrected chi connectivity index (χ2v) is 5.74. The van der Waals surface area contributed by atoms with Gasteiger partial charge in [-0.1, -0.05) is 50.1 Å². The molecule has 0 saturated heterocycles. The summed E-state index contributed by atoms with van der Waals surface area (Å²) in [6, 6.07) is 9.88. The Morgan fingerprint density at radius 2 is 1.96 bits per heavy atom. The van der Waals surface area contributed by atoms with Crippen LogP contribution in [-0.4, -0.2) is 35.6 Å². The minimum absolute atomic E-state index is 0.0547. The molecule has 0 aromatic heterocycles. The summed E-state index contributed by atoms with van der Waals surface area (Å²) in [5, 5.41) is 8.74. The number of amides is 2. The second kappa shape index (κ2) is 9.08. The van der Waals surface area contributed by atoms with E-state index in [1.165, 1.54) is 5.01 Å². The number of nitrogens with one attached hydrogen (secondary N) is 1. The number of rotatable bonds is 8. The van der Waals surface area contributed by atoms with Gasteiger partial charge in [0.15, 0.2) is 0 Å². The van der Waals surface area contributed by atoms with Crippen molar-refractivity contribution in [2.45, 2.75) is 45.4 Å². The molecule has 2 amide bonds. The van der Waals surface area contributed by atoms with Crippen molar-refractivity contribution < 1.29 is 9.59 Å². The van der Waals surface area contributed by atoms with E-state index in [9.17, 15) is 9.59 Å². The van der Waals surface area contributed by atoms with Crippen LogP contribution in [0.5, 0.6) is 0 Å². The molecule has 124 valence electrons. The summed E-state index contributed by atoms with van der Waals surface area (Å²) in [6.07, 6.45) is 4.45. The number of unbranched alkanes of at least 4 members (excludes halogenated alkanes) is 2. The van der Waals surface area contributed by atoms with E-state index in [1.807, 2.05) is 30.3 Å². The quantitative estimate of drug-likeness (QED) is 0.750. The lowest BCUT2D eigenvalue weighted by Crippen LogP contribution is -2.28. The molecule has 2 rings (SSSR count). The standard InChI is InChI=1S/C18H25N3O2/c1-2-3-7-13-19-17(22)10-11-18(23)21-14-12-16(20-21)15-8-5-4-6-9-15/h4-6,8-9H,2-3,7,10-14H2,1H3,(H,19,22). The summed E-state index contributed by atoms with van der Waals surface area (Å²) < 4.78 is 0. The highest BCUT2D eigenvalue weighted by molar-refractivity contribution is 6.02. The highest BCUT2D eigenvalue weighted by Crippen LogP contribution is 2.14. The summed E-state index contributed by atoms with van der Waals surface area (Å²) >= 11 is 0. The molecule has 0 bridgehead atoms. The Kier molecular flexibility index (Phi) is 6.78. The first-order valence-corrected chi connectivity index (χ1v) is 8.40. The van der Waals surface area contributed by atoms with Crippen LogP contribution in [0.15, 0.2) is 35.4 Å².